The van der Waals surface area contributed by atoms with Gasteiger partial charge in [-0.25, -0.2) is 8.42 Å². The van der Waals surface area contributed by atoms with E-state index in [4.69, 9.17) is 0 Å². The summed E-state index contributed by atoms with van der Waals surface area (Å²) in [5.41, 5.74) is 2.13. The quantitative estimate of drug-likeness (QED) is 0.914. The number of aryl methyl sites for hydroxylation is 2. The van der Waals surface area contributed by atoms with Crippen LogP contribution in [0.5, 0.6) is 0 Å². The van der Waals surface area contributed by atoms with Gasteiger partial charge >= 0.3 is 0 Å². The van der Waals surface area contributed by atoms with Crippen LogP contribution in [0.25, 0.3) is 0 Å². The maximum Gasteiger partial charge on any atom is 0.243 e. The monoisotopic (exact) mass is 282 g/mol. The van der Waals surface area contributed by atoms with Crippen molar-refractivity contribution >= 4 is 10.0 Å². The standard InChI is InChI=1S/C14H22N2O2S/c1-4-16(13-7-8-15-10-13)19(17,18)14-6-5-11(2)12(3)9-14/h5-6,9,13,15H,4,7-8,10H2,1-3H3. The maximum atomic E-state index is 12.7. The van der Waals surface area contributed by atoms with Crippen LogP contribution in [0.2, 0.25) is 0 Å². The fourth-order valence-corrected chi connectivity index (χ4v) is 4.27. The van der Waals surface area contributed by atoms with E-state index in [1.807, 2.05) is 26.8 Å². The highest BCUT2D eigenvalue weighted by molar-refractivity contribution is 7.89. The third-order valence-corrected chi connectivity index (χ3v) is 5.86. The van der Waals surface area contributed by atoms with Crippen LogP contribution in [0.3, 0.4) is 0 Å². The Labute approximate surface area is 115 Å². The molecular formula is C14H22N2O2S. The van der Waals surface area contributed by atoms with E-state index in [0.29, 0.717) is 11.4 Å². The zero-order chi connectivity index (χ0) is 14.0. The summed E-state index contributed by atoms with van der Waals surface area (Å²) < 4.78 is 27.0. The summed E-state index contributed by atoms with van der Waals surface area (Å²) in [7, 11) is -3.38. The summed E-state index contributed by atoms with van der Waals surface area (Å²) in [5.74, 6) is 0. The molecule has 0 radical (unpaired) electrons. The van der Waals surface area contributed by atoms with Crippen molar-refractivity contribution in [1.29, 1.82) is 0 Å². The van der Waals surface area contributed by atoms with E-state index in [2.05, 4.69) is 5.32 Å². The van der Waals surface area contributed by atoms with E-state index in [1.165, 1.54) is 0 Å². The molecule has 0 aromatic heterocycles. The summed E-state index contributed by atoms with van der Waals surface area (Å²) in [6.07, 6.45) is 0.887. The lowest BCUT2D eigenvalue weighted by Crippen LogP contribution is -2.41. The van der Waals surface area contributed by atoms with Crippen LogP contribution < -0.4 is 5.32 Å². The third-order valence-electron chi connectivity index (χ3n) is 3.84. The molecule has 1 aliphatic rings. The predicted octanol–water partition coefficient (Wildman–Crippen LogP) is 1.68. The number of hydrogen-bond donors (Lipinski definition) is 1. The molecule has 1 heterocycles. The van der Waals surface area contributed by atoms with Gasteiger partial charge in [-0.3, -0.25) is 0 Å². The van der Waals surface area contributed by atoms with Gasteiger partial charge in [-0.2, -0.15) is 4.31 Å². The lowest BCUT2D eigenvalue weighted by molar-refractivity contribution is 0.349. The van der Waals surface area contributed by atoms with Crippen LogP contribution in [0.15, 0.2) is 23.1 Å². The molecule has 2 rings (SSSR count). The molecule has 106 valence electrons. The van der Waals surface area contributed by atoms with E-state index in [0.717, 1.165) is 30.6 Å². The van der Waals surface area contributed by atoms with Gasteiger partial charge in [0.05, 0.1) is 4.90 Å². The molecular weight excluding hydrogens is 260 g/mol. The average molecular weight is 282 g/mol. The Morgan fingerprint density at radius 2 is 2.05 bits per heavy atom. The number of sulfonamides is 1. The zero-order valence-corrected chi connectivity index (χ0v) is 12.6. The number of hydrogen-bond acceptors (Lipinski definition) is 3. The molecule has 1 unspecified atom stereocenters. The Morgan fingerprint density at radius 3 is 2.58 bits per heavy atom. The van der Waals surface area contributed by atoms with Gasteiger partial charge in [-0.1, -0.05) is 13.0 Å². The lowest BCUT2D eigenvalue weighted by Gasteiger charge is -2.26. The molecule has 1 fully saturated rings. The van der Waals surface area contributed by atoms with E-state index in [9.17, 15) is 8.42 Å². The van der Waals surface area contributed by atoms with E-state index < -0.39 is 10.0 Å². The van der Waals surface area contributed by atoms with Crippen molar-refractivity contribution in [2.75, 3.05) is 19.6 Å². The van der Waals surface area contributed by atoms with Gasteiger partial charge in [-0.15, -0.1) is 0 Å². The van der Waals surface area contributed by atoms with Crippen molar-refractivity contribution < 1.29 is 8.42 Å². The first-order valence-corrected chi connectivity index (χ1v) is 8.20. The second kappa shape index (κ2) is 5.61. The second-order valence-corrected chi connectivity index (χ2v) is 6.99. The summed E-state index contributed by atoms with van der Waals surface area (Å²) in [6, 6.07) is 5.44. The molecule has 0 bridgehead atoms. The number of nitrogens with one attached hydrogen (secondary N) is 1. The third kappa shape index (κ3) is 2.83. The number of benzene rings is 1. The molecule has 0 saturated carbocycles. The van der Waals surface area contributed by atoms with Crippen LogP contribution in [0.1, 0.15) is 24.5 Å². The molecule has 1 saturated heterocycles. The van der Waals surface area contributed by atoms with Crippen LogP contribution in [0.4, 0.5) is 0 Å². The Kier molecular flexibility index (Phi) is 4.28. The van der Waals surface area contributed by atoms with Crippen molar-refractivity contribution in [2.24, 2.45) is 0 Å². The van der Waals surface area contributed by atoms with Crippen molar-refractivity contribution in [1.82, 2.24) is 9.62 Å². The first-order chi connectivity index (χ1) is 8.96. The number of nitrogens with zero attached hydrogens (tertiary/aromatic N) is 1. The molecule has 0 amide bonds. The predicted molar refractivity (Wildman–Crippen MR) is 76.8 cm³/mol. The average Bonchev–Trinajstić information content (AvgIpc) is 2.86. The molecule has 4 nitrogen and oxygen atoms in total. The summed E-state index contributed by atoms with van der Waals surface area (Å²) in [6.45, 7) is 7.99. The van der Waals surface area contributed by atoms with Gasteiger partial charge in [0.2, 0.25) is 10.0 Å². The molecule has 1 atom stereocenters. The first kappa shape index (κ1) is 14.5. The number of likely N-dealkylation sites (N-methyl/N-ethyl adjacent to an activating group) is 1. The van der Waals surface area contributed by atoms with Gasteiger partial charge in [0.15, 0.2) is 0 Å². The van der Waals surface area contributed by atoms with Crippen molar-refractivity contribution in [3.05, 3.63) is 29.3 Å². The molecule has 5 heteroatoms. The fourth-order valence-electron chi connectivity index (χ4n) is 2.52. The zero-order valence-electron chi connectivity index (χ0n) is 11.8. The molecule has 1 aromatic carbocycles. The van der Waals surface area contributed by atoms with Gasteiger partial charge in [0.25, 0.3) is 0 Å². The van der Waals surface area contributed by atoms with E-state index in [1.54, 1.807) is 16.4 Å². The van der Waals surface area contributed by atoms with Crippen molar-refractivity contribution in [3.63, 3.8) is 0 Å². The smallest absolute Gasteiger partial charge is 0.243 e. The van der Waals surface area contributed by atoms with Crippen LogP contribution in [-0.4, -0.2) is 38.4 Å². The Bertz CT molecular complexity index is 549. The minimum Gasteiger partial charge on any atom is -0.315 e. The largest absolute Gasteiger partial charge is 0.315 e. The Balaban J connectivity index is 2.36. The van der Waals surface area contributed by atoms with Gasteiger partial charge < -0.3 is 5.32 Å². The van der Waals surface area contributed by atoms with Crippen LogP contribution >= 0.6 is 0 Å². The van der Waals surface area contributed by atoms with Crippen LogP contribution in [0, 0.1) is 13.8 Å². The van der Waals surface area contributed by atoms with Crippen LogP contribution in [-0.2, 0) is 10.0 Å². The molecule has 1 aromatic rings. The van der Waals surface area contributed by atoms with Gasteiger partial charge in [0.1, 0.15) is 0 Å². The summed E-state index contributed by atoms with van der Waals surface area (Å²) in [5, 5.41) is 3.23. The Morgan fingerprint density at radius 1 is 1.32 bits per heavy atom. The molecule has 0 aliphatic carbocycles. The van der Waals surface area contributed by atoms with Gasteiger partial charge in [0, 0.05) is 19.1 Å². The SMILES string of the molecule is CCN(C1CCNC1)S(=O)(=O)c1ccc(C)c(C)c1. The highest BCUT2D eigenvalue weighted by atomic mass is 32.2. The summed E-state index contributed by atoms with van der Waals surface area (Å²) >= 11 is 0. The lowest BCUT2D eigenvalue weighted by atomic mass is 10.1. The highest BCUT2D eigenvalue weighted by Crippen LogP contribution is 2.22. The second-order valence-electron chi connectivity index (χ2n) is 5.10. The fraction of sp³-hybridized carbons (Fsp3) is 0.571. The minimum atomic E-state index is -3.38. The molecule has 19 heavy (non-hydrogen) atoms. The van der Waals surface area contributed by atoms with E-state index in [-0.39, 0.29) is 6.04 Å². The van der Waals surface area contributed by atoms with E-state index >= 15 is 0 Å². The summed E-state index contributed by atoms with van der Waals surface area (Å²) in [4.78, 5) is 0.407. The first-order valence-electron chi connectivity index (χ1n) is 6.76. The molecule has 0 spiro atoms. The van der Waals surface area contributed by atoms with Crippen molar-refractivity contribution in [3.8, 4) is 0 Å². The van der Waals surface area contributed by atoms with Crippen molar-refractivity contribution in [2.45, 2.75) is 38.1 Å². The maximum absolute atomic E-state index is 12.7. The molecule has 1 aliphatic heterocycles. The topological polar surface area (TPSA) is 49.4 Å². The normalized spacial score (nSPS) is 20.1. The Hall–Kier alpha value is -0.910. The highest BCUT2D eigenvalue weighted by Gasteiger charge is 2.31. The minimum absolute atomic E-state index is 0.0802. The number of rotatable bonds is 4. The molecule has 1 N–H and O–H groups in total. The van der Waals surface area contributed by atoms with Gasteiger partial charge in [-0.05, 0) is 50.1 Å².